The van der Waals surface area contributed by atoms with Crippen LogP contribution in [0.2, 0.25) is 0 Å². The second-order valence-corrected chi connectivity index (χ2v) is 8.08. The van der Waals surface area contributed by atoms with Crippen molar-refractivity contribution >= 4 is 33.2 Å². The van der Waals surface area contributed by atoms with Gasteiger partial charge in [-0.3, -0.25) is 10.4 Å². The van der Waals surface area contributed by atoms with Crippen LogP contribution in [0.5, 0.6) is 17.2 Å². The van der Waals surface area contributed by atoms with Crippen molar-refractivity contribution in [1.82, 2.24) is 0 Å². The minimum Gasteiger partial charge on any atom is -0.545 e. The van der Waals surface area contributed by atoms with Crippen LogP contribution in [0.3, 0.4) is 0 Å². The SMILES string of the molecule is O=C([O-])c1cc2c(c3c1c(N(O)O)cc1ccc(OC4OC(CO)C(O)C(O)C4O)cc13)OCO2. The molecule has 6 N–H and O–H groups in total. The predicted molar refractivity (Wildman–Crippen MR) is 112 cm³/mol. The van der Waals surface area contributed by atoms with E-state index in [2.05, 4.69) is 0 Å². The molecule has 0 aliphatic carbocycles. The number of aromatic carboxylic acids is 1. The zero-order chi connectivity index (χ0) is 25.0. The number of hydrogen-bond acceptors (Lipinski definition) is 13. The number of hydrogen-bond donors (Lipinski definition) is 6. The second kappa shape index (κ2) is 8.66. The van der Waals surface area contributed by atoms with Gasteiger partial charge in [-0.1, -0.05) is 6.07 Å². The minimum atomic E-state index is -1.65. The molecule has 5 unspecified atom stereocenters. The van der Waals surface area contributed by atoms with E-state index in [4.69, 9.17) is 18.9 Å². The Morgan fingerprint density at radius 3 is 2.51 bits per heavy atom. The summed E-state index contributed by atoms with van der Waals surface area (Å²) in [6.07, 6.45) is -7.49. The first-order valence-corrected chi connectivity index (χ1v) is 10.4. The van der Waals surface area contributed by atoms with Crippen LogP contribution in [0.4, 0.5) is 5.69 Å². The third-order valence-corrected chi connectivity index (χ3v) is 6.04. The highest BCUT2D eigenvalue weighted by Crippen LogP contribution is 2.48. The number of fused-ring (bicyclic) bond motifs is 5. The molecule has 0 amide bonds. The lowest BCUT2D eigenvalue weighted by molar-refractivity contribution is -0.277. The first-order chi connectivity index (χ1) is 16.7. The molecule has 5 atom stereocenters. The molecule has 3 aromatic rings. The summed E-state index contributed by atoms with van der Waals surface area (Å²) < 4.78 is 21.9. The van der Waals surface area contributed by atoms with Crippen LogP contribution in [0.25, 0.3) is 21.5 Å². The van der Waals surface area contributed by atoms with Gasteiger partial charge in [0.15, 0.2) is 11.5 Å². The van der Waals surface area contributed by atoms with Crippen molar-refractivity contribution in [3.8, 4) is 17.2 Å². The number of carbonyl (C=O) groups excluding carboxylic acids is 1. The van der Waals surface area contributed by atoms with Gasteiger partial charge in [0.1, 0.15) is 35.9 Å². The standard InChI is InChI=1S/C22H21NO12/c24-6-14-17(25)18(26)19(27)22(35-14)34-9-2-1-8-3-12(23(30)31)15-11(21(28)29)5-13-20(33-7-32-13)16(15)10(8)4-9/h1-5,14,17-19,22,24-27,30-31H,6-7H2,(H,28,29)/p-1. The summed E-state index contributed by atoms with van der Waals surface area (Å²) in [4.78, 5) is 11.9. The van der Waals surface area contributed by atoms with Crippen LogP contribution in [-0.2, 0) is 4.74 Å². The van der Waals surface area contributed by atoms with Gasteiger partial charge in [0, 0.05) is 16.3 Å². The summed E-state index contributed by atoms with van der Waals surface area (Å²) in [5.41, 5.74) is -0.637. The molecule has 0 spiro atoms. The topological polar surface area (TPSA) is 202 Å². The van der Waals surface area contributed by atoms with Crippen LogP contribution in [-0.4, -0.2) is 80.9 Å². The highest BCUT2D eigenvalue weighted by atomic mass is 16.8. The molecule has 13 heteroatoms. The lowest BCUT2D eigenvalue weighted by atomic mass is 9.95. The van der Waals surface area contributed by atoms with E-state index in [-0.39, 0.29) is 51.3 Å². The molecule has 1 saturated heterocycles. The number of carboxylic acids is 1. The number of carboxylic acid groups (broad SMARTS) is 1. The molecule has 35 heavy (non-hydrogen) atoms. The lowest BCUT2D eigenvalue weighted by Gasteiger charge is -2.39. The van der Waals surface area contributed by atoms with Gasteiger partial charge in [0.25, 0.3) is 0 Å². The maximum atomic E-state index is 11.9. The van der Waals surface area contributed by atoms with Crippen LogP contribution >= 0.6 is 0 Å². The molecule has 2 aliphatic heterocycles. The Labute approximate surface area is 196 Å². The number of carbonyl (C=O) groups is 1. The minimum absolute atomic E-state index is 0.100. The largest absolute Gasteiger partial charge is 0.545 e. The Hall–Kier alpha value is -3.43. The van der Waals surface area contributed by atoms with E-state index >= 15 is 0 Å². The average Bonchev–Trinajstić information content (AvgIpc) is 3.31. The number of aliphatic hydroxyl groups excluding tert-OH is 4. The molecule has 13 nitrogen and oxygen atoms in total. The summed E-state index contributed by atoms with van der Waals surface area (Å²) in [7, 11) is 0. The Morgan fingerprint density at radius 2 is 1.83 bits per heavy atom. The van der Waals surface area contributed by atoms with Gasteiger partial charge in [-0.25, -0.2) is 0 Å². The van der Waals surface area contributed by atoms with E-state index in [9.17, 15) is 40.7 Å². The number of benzene rings is 3. The van der Waals surface area contributed by atoms with Crippen LogP contribution in [0.1, 0.15) is 10.4 Å². The molecule has 2 aliphatic rings. The molecule has 0 bridgehead atoms. The molecule has 0 aromatic heterocycles. The first kappa shape index (κ1) is 23.3. The Morgan fingerprint density at radius 1 is 1.06 bits per heavy atom. The van der Waals surface area contributed by atoms with Gasteiger partial charge < -0.3 is 49.3 Å². The maximum Gasteiger partial charge on any atom is 0.231 e. The Balaban J connectivity index is 1.68. The zero-order valence-corrected chi connectivity index (χ0v) is 17.8. The van der Waals surface area contributed by atoms with Crippen molar-refractivity contribution in [3.63, 3.8) is 0 Å². The molecule has 3 aromatic carbocycles. The van der Waals surface area contributed by atoms with Crippen molar-refractivity contribution < 1.29 is 59.7 Å². The van der Waals surface area contributed by atoms with Gasteiger partial charge in [0.05, 0.1) is 12.6 Å². The average molecular weight is 490 g/mol. The van der Waals surface area contributed by atoms with E-state index in [0.29, 0.717) is 10.8 Å². The van der Waals surface area contributed by atoms with Crippen molar-refractivity contribution in [2.75, 3.05) is 18.6 Å². The first-order valence-electron chi connectivity index (χ1n) is 10.4. The van der Waals surface area contributed by atoms with Crippen molar-refractivity contribution in [2.24, 2.45) is 0 Å². The van der Waals surface area contributed by atoms with Gasteiger partial charge in [-0.2, -0.15) is 0 Å². The fourth-order valence-electron chi connectivity index (χ4n) is 4.35. The smallest absolute Gasteiger partial charge is 0.231 e. The van der Waals surface area contributed by atoms with Crippen molar-refractivity contribution in [3.05, 3.63) is 35.9 Å². The summed E-state index contributed by atoms with van der Waals surface area (Å²) >= 11 is 0. The van der Waals surface area contributed by atoms with Gasteiger partial charge >= 0.3 is 0 Å². The van der Waals surface area contributed by atoms with Gasteiger partial charge in [-0.15, -0.1) is 5.23 Å². The van der Waals surface area contributed by atoms with Gasteiger partial charge in [0.2, 0.25) is 13.1 Å². The third-order valence-electron chi connectivity index (χ3n) is 6.04. The van der Waals surface area contributed by atoms with E-state index in [0.717, 1.165) is 6.07 Å². The Kier molecular flexibility index (Phi) is 5.77. The number of anilines is 1. The predicted octanol–water partition coefficient (Wildman–Crippen LogP) is -1.15. The van der Waals surface area contributed by atoms with E-state index in [1.54, 1.807) is 0 Å². The van der Waals surface area contributed by atoms with E-state index in [1.165, 1.54) is 24.3 Å². The number of aliphatic hydroxyl groups is 4. The molecular formula is C22H20NO12-. The quantitative estimate of drug-likeness (QED) is 0.185. The molecule has 0 saturated carbocycles. The monoisotopic (exact) mass is 490 g/mol. The fraction of sp³-hybridized carbons (Fsp3) is 0.318. The number of rotatable bonds is 5. The van der Waals surface area contributed by atoms with Gasteiger partial charge in [-0.05, 0) is 35.0 Å². The van der Waals surface area contributed by atoms with E-state index < -0.39 is 43.3 Å². The number of ether oxygens (including phenoxy) is 4. The third kappa shape index (κ3) is 3.75. The molecule has 0 radical (unpaired) electrons. The normalized spacial score (nSPS) is 25.7. The molecule has 186 valence electrons. The summed E-state index contributed by atoms with van der Waals surface area (Å²) in [5.74, 6) is -1.22. The molecule has 1 fully saturated rings. The number of nitrogens with zero attached hydrogens (tertiary/aromatic N) is 1. The highest BCUT2D eigenvalue weighted by molar-refractivity contribution is 6.22. The van der Waals surface area contributed by atoms with Crippen LogP contribution in [0.15, 0.2) is 30.3 Å². The van der Waals surface area contributed by atoms with Crippen molar-refractivity contribution in [1.29, 1.82) is 0 Å². The summed E-state index contributed by atoms with van der Waals surface area (Å²) in [5, 5.41) is 71.8. The molecular weight excluding hydrogens is 470 g/mol. The lowest BCUT2D eigenvalue weighted by Crippen LogP contribution is -2.60. The molecule has 5 rings (SSSR count). The Bertz CT molecular complexity index is 1310. The van der Waals surface area contributed by atoms with E-state index in [1.807, 2.05) is 0 Å². The summed E-state index contributed by atoms with van der Waals surface area (Å²) in [6, 6.07) is 6.92. The van der Waals surface area contributed by atoms with Crippen LogP contribution in [0, 0.1) is 0 Å². The fourth-order valence-corrected chi connectivity index (χ4v) is 4.35. The zero-order valence-electron chi connectivity index (χ0n) is 17.8. The maximum absolute atomic E-state index is 11.9. The second-order valence-electron chi connectivity index (χ2n) is 8.08. The van der Waals surface area contributed by atoms with Crippen molar-refractivity contribution in [2.45, 2.75) is 30.7 Å². The summed E-state index contributed by atoms with van der Waals surface area (Å²) in [6.45, 7) is -0.833. The van der Waals surface area contributed by atoms with Crippen LogP contribution < -0.4 is 24.5 Å². The highest BCUT2D eigenvalue weighted by Gasteiger charge is 2.44. The molecule has 2 heterocycles.